The fraction of sp³-hybridized carbons (Fsp3) is 0.357. The van der Waals surface area contributed by atoms with E-state index in [4.69, 9.17) is 15.2 Å². The second kappa shape index (κ2) is 8.46. The van der Waals surface area contributed by atoms with E-state index in [1.807, 2.05) is 13.0 Å². The summed E-state index contributed by atoms with van der Waals surface area (Å²) in [4.78, 5) is 11.7. The number of carbonyl (C=O) groups is 1. The largest absolute Gasteiger partial charge is 0.493 e. The molecule has 0 radical (unpaired) electrons. The second-order valence-electron chi connectivity index (χ2n) is 4.75. The molecule has 3 N–H and O–H groups in total. The summed E-state index contributed by atoms with van der Waals surface area (Å²) in [5.41, 5.74) is 8.59. The molecular weight excluding hydrogens is 314 g/mol. The summed E-state index contributed by atoms with van der Waals surface area (Å²) in [6.07, 6.45) is 2.40. The third-order valence-electron chi connectivity index (χ3n) is 2.91. The summed E-state index contributed by atoms with van der Waals surface area (Å²) in [5, 5.41) is 14.3. The number of tetrazole rings is 1. The van der Waals surface area contributed by atoms with Crippen molar-refractivity contribution in [1.82, 2.24) is 25.6 Å². The summed E-state index contributed by atoms with van der Waals surface area (Å²) < 4.78 is 12.0. The molecule has 0 fully saturated rings. The van der Waals surface area contributed by atoms with Gasteiger partial charge in [0.05, 0.1) is 19.9 Å². The molecule has 0 bridgehead atoms. The van der Waals surface area contributed by atoms with E-state index in [9.17, 15) is 4.79 Å². The zero-order chi connectivity index (χ0) is 17.4. The average Bonchev–Trinajstić information content (AvgIpc) is 2.98. The van der Waals surface area contributed by atoms with Gasteiger partial charge in [0.2, 0.25) is 5.95 Å². The molecule has 10 nitrogen and oxygen atoms in total. The lowest BCUT2D eigenvalue weighted by Gasteiger charge is -2.10. The van der Waals surface area contributed by atoms with Crippen LogP contribution >= 0.6 is 0 Å². The number of nitrogens with two attached hydrogens (primary N) is 1. The van der Waals surface area contributed by atoms with Crippen molar-refractivity contribution in [3.8, 4) is 11.5 Å². The number of anilines is 1. The Balaban J connectivity index is 1.93. The van der Waals surface area contributed by atoms with Crippen molar-refractivity contribution >= 4 is 18.1 Å². The number of ether oxygens (including phenoxy) is 2. The molecule has 1 aromatic carbocycles. The lowest BCUT2D eigenvalue weighted by atomic mass is 10.2. The van der Waals surface area contributed by atoms with Crippen molar-refractivity contribution in [3.05, 3.63) is 23.8 Å². The highest BCUT2D eigenvalue weighted by Gasteiger charge is 2.07. The standard InChI is InChI=1S/C14H19N7O3/c1-3-6-24-11-5-4-10(7-12(11)23-2)8-16-17-13(22)9-21-14(15)18-19-20-21/h4-5,7-8H,3,6,9H2,1-2H3,(H,17,22)(H2,15,18,20)/b16-8+. The number of nitrogens with zero attached hydrogens (tertiary/aromatic N) is 5. The van der Waals surface area contributed by atoms with E-state index in [1.165, 1.54) is 6.21 Å². The molecular formula is C14H19N7O3. The number of hydrogen-bond donors (Lipinski definition) is 2. The van der Waals surface area contributed by atoms with Crippen LogP contribution in [-0.2, 0) is 11.3 Å². The second-order valence-corrected chi connectivity index (χ2v) is 4.75. The fourth-order valence-corrected chi connectivity index (χ4v) is 1.77. The first-order chi connectivity index (χ1) is 11.6. The monoisotopic (exact) mass is 333 g/mol. The predicted octanol–water partition coefficient (Wildman–Crippen LogP) is 0.203. The van der Waals surface area contributed by atoms with Gasteiger partial charge < -0.3 is 15.2 Å². The molecule has 0 saturated carbocycles. The van der Waals surface area contributed by atoms with E-state index in [0.717, 1.165) is 16.7 Å². The number of nitrogens with one attached hydrogen (secondary N) is 1. The molecule has 0 aliphatic carbocycles. The molecule has 0 saturated heterocycles. The number of rotatable bonds is 8. The maximum absolute atomic E-state index is 11.7. The van der Waals surface area contributed by atoms with Crippen molar-refractivity contribution in [2.75, 3.05) is 19.5 Å². The van der Waals surface area contributed by atoms with Crippen LogP contribution in [0.1, 0.15) is 18.9 Å². The van der Waals surface area contributed by atoms with Gasteiger partial charge in [0.15, 0.2) is 11.5 Å². The van der Waals surface area contributed by atoms with Gasteiger partial charge in [-0.2, -0.15) is 5.10 Å². The normalized spacial score (nSPS) is 10.8. The molecule has 2 rings (SSSR count). The van der Waals surface area contributed by atoms with E-state index in [1.54, 1.807) is 19.2 Å². The number of amides is 1. The van der Waals surface area contributed by atoms with E-state index in [2.05, 4.69) is 26.1 Å². The van der Waals surface area contributed by atoms with Gasteiger partial charge in [-0.15, -0.1) is 0 Å². The Labute approximate surface area is 138 Å². The first-order valence-electron chi connectivity index (χ1n) is 7.28. The quantitative estimate of drug-likeness (QED) is 0.521. The summed E-state index contributed by atoms with van der Waals surface area (Å²) in [6, 6.07) is 5.36. The maximum Gasteiger partial charge on any atom is 0.261 e. The fourth-order valence-electron chi connectivity index (χ4n) is 1.77. The van der Waals surface area contributed by atoms with Crippen LogP contribution < -0.4 is 20.6 Å². The lowest BCUT2D eigenvalue weighted by molar-refractivity contribution is -0.121. The molecule has 128 valence electrons. The number of nitrogen functional groups attached to an aromatic ring is 1. The van der Waals surface area contributed by atoms with Crippen LogP contribution in [0.3, 0.4) is 0 Å². The van der Waals surface area contributed by atoms with Crippen LogP contribution in [0.5, 0.6) is 11.5 Å². The molecule has 0 unspecified atom stereocenters. The minimum atomic E-state index is -0.403. The summed E-state index contributed by atoms with van der Waals surface area (Å²) in [6.45, 7) is 2.52. The van der Waals surface area contributed by atoms with Crippen LogP contribution in [0.4, 0.5) is 5.95 Å². The predicted molar refractivity (Wildman–Crippen MR) is 86.7 cm³/mol. The molecule has 0 atom stereocenters. The molecule has 24 heavy (non-hydrogen) atoms. The van der Waals surface area contributed by atoms with Crippen molar-refractivity contribution in [2.24, 2.45) is 5.10 Å². The molecule has 0 aliphatic heterocycles. The van der Waals surface area contributed by atoms with Gasteiger partial charge in [0, 0.05) is 0 Å². The third-order valence-corrected chi connectivity index (χ3v) is 2.91. The van der Waals surface area contributed by atoms with Crippen molar-refractivity contribution in [1.29, 1.82) is 0 Å². The van der Waals surface area contributed by atoms with E-state index >= 15 is 0 Å². The zero-order valence-electron chi connectivity index (χ0n) is 13.5. The highest BCUT2D eigenvalue weighted by atomic mass is 16.5. The Hall–Kier alpha value is -3.17. The van der Waals surface area contributed by atoms with Crippen LogP contribution in [-0.4, -0.2) is 46.0 Å². The Morgan fingerprint density at radius 3 is 2.96 bits per heavy atom. The van der Waals surface area contributed by atoms with E-state index in [-0.39, 0.29) is 12.5 Å². The first-order valence-corrected chi connectivity index (χ1v) is 7.28. The van der Waals surface area contributed by atoms with Crippen LogP contribution in [0.15, 0.2) is 23.3 Å². The van der Waals surface area contributed by atoms with E-state index < -0.39 is 5.91 Å². The molecule has 1 amide bonds. The van der Waals surface area contributed by atoms with Gasteiger partial charge in [-0.25, -0.2) is 10.1 Å². The van der Waals surface area contributed by atoms with Crippen molar-refractivity contribution in [2.45, 2.75) is 19.9 Å². The highest BCUT2D eigenvalue weighted by molar-refractivity contribution is 5.83. The summed E-state index contributed by atoms with van der Waals surface area (Å²) in [5.74, 6) is 0.913. The molecule has 0 aliphatic rings. The van der Waals surface area contributed by atoms with Crippen LogP contribution in [0.25, 0.3) is 0 Å². The molecule has 1 heterocycles. The molecule has 0 spiro atoms. The van der Waals surface area contributed by atoms with Crippen LogP contribution in [0.2, 0.25) is 0 Å². The molecule has 2 aromatic rings. The molecule has 10 heteroatoms. The summed E-state index contributed by atoms with van der Waals surface area (Å²) >= 11 is 0. The third kappa shape index (κ3) is 4.66. The topological polar surface area (TPSA) is 130 Å². The Morgan fingerprint density at radius 1 is 1.46 bits per heavy atom. The maximum atomic E-state index is 11.7. The highest BCUT2D eigenvalue weighted by Crippen LogP contribution is 2.27. The Morgan fingerprint density at radius 2 is 2.29 bits per heavy atom. The van der Waals surface area contributed by atoms with Gasteiger partial charge in [-0.3, -0.25) is 4.79 Å². The van der Waals surface area contributed by atoms with Crippen molar-refractivity contribution < 1.29 is 14.3 Å². The number of aromatic nitrogens is 4. The summed E-state index contributed by atoms with van der Waals surface area (Å²) in [7, 11) is 1.56. The number of hydrazone groups is 1. The smallest absolute Gasteiger partial charge is 0.261 e. The van der Waals surface area contributed by atoms with Gasteiger partial charge in [0.25, 0.3) is 5.91 Å². The minimum Gasteiger partial charge on any atom is -0.493 e. The van der Waals surface area contributed by atoms with Gasteiger partial charge >= 0.3 is 0 Å². The number of benzene rings is 1. The Bertz CT molecular complexity index is 714. The van der Waals surface area contributed by atoms with Gasteiger partial charge in [-0.05, 0) is 40.6 Å². The van der Waals surface area contributed by atoms with Gasteiger partial charge in [-0.1, -0.05) is 12.0 Å². The zero-order valence-corrected chi connectivity index (χ0v) is 13.5. The van der Waals surface area contributed by atoms with E-state index in [0.29, 0.717) is 18.1 Å². The van der Waals surface area contributed by atoms with Crippen molar-refractivity contribution in [3.63, 3.8) is 0 Å². The average molecular weight is 333 g/mol. The van der Waals surface area contributed by atoms with Gasteiger partial charge in [0.1, 0.15) is 6.54 Å². The first kappa shape index (κ1) is 17.2. The van der Waals surface area contributed by atoms with Crippen LogP contribution in [0, 0.1) is 0 Å². The minimum absolute atomic E-state index is 0.0570. The number of methoxy groups -OCH3 is 1. The Kier molecular flexibility index (Phi) is 6.06. The number of hydrogen-bond acceptors (Lipinski definition) is 8. The SMILES string of the molecule is CCCOc1ccc(/C=N/NC(=O)Cn2nnnc2N)cc1OC. The lowest BCUT2D eigenvalue weighted by Crippen LogP contribution is -2.24. The number of carbonyl (C=O) groups excluding carboxylic acids is 1. The molecule has 1 aromatic heterocycles.